The molecule has 4 N–H and O–H groups in total. The van der Waals surface area contributed by atoms with Crippen LogP contribution in [-0.2, 0) is 0 Å². The van der Waals surface area contributed by atoms with Gasteiger partial charge < -0.3 is 16.2 Å². The highest BCUT2D eigenvalue weighted by atomic mass is 32.1. The molecule has 0 aliphatic heterocycles. The van der Waals surface area contributed by atoms with Crippen LogP contribution in [-0.4, -0.2) is 29.1 Å². The zero-order chi connectivity index (χ0) is 14.7. The fraction of sp³-hybridized carbons (Fsp3) is 0.429. The van der Waals surface area contributed by atoms with Crippen molar-refractivity contribution in [2.45, 2.75) is 26.7 Å². The van der Waals surface area contributed by atoms with E-state index in [0.29, 0.717) is 23.5 Å². The number of nitrogens with two attached hydrogens (primary N) is 1. The number of thiophene rings is 1. The third-order valence-electron chi connectivity index (χ3n) is 3.09. The molecule has 108 valence electrons. The summed E-state index contributed by atoms with van der Waals surface area (Å²) >= 11 is 1.40. The Hall–Kier alpha value is -1.66. The van der Waals surface area contributed by atoms with Crippen LogP contribution in [0.3, 0.4) is 0 Å². The number of carbonyl (C=O) groups is 1. The Balaban J connectivity index is 2.24. The number of nitrogens with one attached hydrogen (secondary N) is 1. The SMILES string of the molecule is Cc1cc2sc(C(=O)NCCCCO)c(N)c2c(C)n1. The summed E-state index contributed by atoms with van der Waals surface area (Å²) in [4.78, 5) is 17.1. The molecule has 0 bridgehead atoms. The molecule has 0 saturated carbocycles. The van der Waals surface area contributed by atoms with Crippen LogP contribution >= 0.6 is 11.3 Å². The van der Waals surface area contributed by atoms with Crippen LogP contribution in [0.4, 0.5) is 5.69 Å². The van der Waals surface area contributed by atoms with E-state index in [1.807, 2.05) is 19.9 Å². The minimum absolute atomic E-state index is 0.144. The smallest absolute Gasteiger partial charge is 0.263 e. The summed E-state index contributed by atoms with van der Waals surface area (Å²) in [5.41, 5.74) is 8.38. The van der Waals surface area contributed by atoms with Gasteiger partial charge in [-0.1, -0.05) is 0 Å². The molecule has 0 spiro atoms. The first kappa shape index (κ1) is 14.7. The Morgan fingerprint density at radius 3 is 2.90 bits per heavy atom. The van der Waals surface area contributed by atoms with E-state index in [-0.39, 0.29) is 12.5 Å². The second-order valence-corrected chi connectivity index (χ2v) is 5.81. The van der Waals surface area contributed by atoms with Crippen molar-refractivity contribution in [3.05, 3.63) is 22.3 Å². The number of carbonyl (C=O) groups excluding carboxylic acids is 1. The zero-order valence-corrected chi connectivity index (χ0v) is 12.5. The Kier molecular flexibility index (Phi) is 4.57. The van der Waals surface area contributed by atoms with Crippen LogP contribution in [0.25, 0.3) is 10.1 Å². The van der Waals surface area contributed by atoms with Gasteiger partial charge in [-0.05, 0) is 32.8 Å². The largest absolute Gasteiger partial charge is 0.397 e. The Labute approximate surface area is 121 Å². The van der Waals surface area contributed by atoms with Gasteiger partial charge in [-0.2, -0.15) is 0 Å². The summed E-state index contributed by atoms with van der Waals surface area (Å²) in [6.45, 7) is 4.52. The van der Waals surface area contributed by atoms with Crippen molar-refractivity contribution in [2.75, 3.05) is 18.9 Å². The summed E-state index contributed by atoms with van der Waals surface area (Å²) in [6, 6.07) is 1.95. The van der Waals surface area contributed by atoms with E-state index in [9.17, 15) is 4.79 Å². The summed E-state index contributed by atoms with van der Waals surface area (Å²) in [6.07, 6.45) is 1.44. The summed E-state index contributed by atoms with van der Waals surface area (Å²) in [5.74, 6) is -0.154. The van der Waals surface area contributed by atoms with Crippen molar-refractivity contribution in [3.63, 3.8) is 0 Å². The minimum atomic E-state index is -0.154. The summed E-state index contributed by atoms with van der Waals surface area (Å²) in [5, 5.41) is 12.4. The molecular weight excluding hydrogens is 274 g/mol. The van der Waals surface area contributed by atoms with E-state index in [1.165, 1.54) is 11.3 Å². The van der Waals surface area contributed by atoms with Crippen LogP contribution in [0.5, 0.6) is 0 Å². The van der Waals surface area contributed by atoms with E-state index in [0.717, 1.165) is 27.9 Å². The topological polar surface area (TPSA) is 88.2 Å². The van der Waals surface area contributed by atoms with E-state index in [4.69, 9.17) is 10.8 Å². The molecule has 0 aliphatic carbocycles. The molecule has 6 heteroatoms. The average molecular weight is 293 g/mol. The summed E-state index contributed by atoms with van der Waals surface area (Å²) < 4.78 is 0.994. The number of fused-ring (bicyclic) bond motifs is 1. The van der Waals surface area contributed by atoms with Gasteiger partial charge >= 0.3 is 0 Å². The van der Waals surface area contributed by atoms with Crippen molar-refractivity contribution in [1.29, 1.82) is 0 Å². The number of pyridine rings is 1. The van der Waals surface area contributed by atoms with Gasteiger partial charge in [-0.25, -0.2) is 0 Å². The molecule has 0 aliphatic rings. The Bertz CT molecular complexity index is 637. The van der Waals surface area contributed by atoms with Gasteiger partial charge in [0.15, 0.2) is 0 Å². The molecule has 5 nitrogen and oxygen atoms in total. The minimum Gasteiger partial charge on any atom is -0.397 e. The van der Waals surface area contributed by atoms with Crippen LogP contribution in [0, 0.1) is 13.8 Å². The van der Waals surface area contributed by atoms with Gasteiger partial charge in [0.25, 0.3) is 5.91 Å². The first-order valence-corrected chi connectivity index (χ1v) is 7.41. The van der Waals surface area contributed by atoms with Crippen LogP contribution in [0.2, 0.25) is 0 Å². The zero-order valence-electron chi connectivity index (χ0n) is 11.7. The molecule has 0 radical (unpaired) electrons. The predicted molar refractivity (Wildman–Crippen MR) is 82.2 cm³/mol. The maximum Gasteiger partial charge on any atom is 0.263 e. The Morgan fingerprint density at radius 1 is 1.45 bits per heavy atom. The molecule has 0 saturated heterocycles. The second kappa shape index (κ2) is 6.19. The highest BCUT2D eigenvalue weighted by Gasteiger charge is 2.18. The Morgan fingerprint density at radius 2 is 2.20 bits per heavy atom. The number of anilines is 1. The van der Waals surface area contributed by atoms with Crippen molar-refractivity contribution < 1.29 is 9.90 Å². The highest BCUT2D eigenvalue weighted by Crippen LogP contribution is 2.35. The third kappa shape index (κ3) is 2.91. The maximum atomic E-state index is 12.1. The lowest BCUT2D eigenvalue weighted by Crippen LogP contribution is -2.24. The number of aromatic nitrogens is 1. The van der Waals surface area contributed by atoms with Crippen molar-refractivity contribution >= 4 is 33.0 Å². The molecule has 0 unspecified atom stereocenters. The molecule has 2 aromatic rings. The van der Waals surface area contributed by atoms with Gasteiger partial charge in [-0.15, -0.1) is 11.3 Å². The molecule has 0 aromatic carbocycles. The number of hydrogen-bond acceptors (Lipinski definition) is 5. The van der Waals surface area contributed by atoms with Crippen LogP contribution in [0.1, 0.15) is 33.9 Å². The third-order valence-corrected chi connectivity index (χ3v) is 4.25. The number of aryl methyl sites for hydroxylation is 2. The highest BCUT2D eigenvalue weighted by molar-refractivity contribution is 7.21. The van der Waals surface area contributed by atoms with Crippen molar-refractivity contribution in [1.82, 2.24) is 10.3 Å². The molecular formula is C14H19N3O2S. The maximum absolute atomic E-state index is 12.1. The average Bonchev–Trinajstić information content (AvgIpc) is 2.71. The molecule has 2 aromatic heterocycles. The van der Waals surface area contributed by atoms with E-state index >= 15 is 0 Å². The number of hydrogen-bond donors (Lipinski definition) is 3. The monoisotopic (exact) mass is 293 g/mol. The number of aliphatic hydroxyl groups is 1. The van der Waals surface area contributed by atoms with Crippen LogP contribution in [0.15, 0.2) is 6.07 Å². The van der Waals surface area contributed by atoms with Gasteiger partial charge in [0.1, 0.15) is 4.88 Å². The van der Waals surface area contributed by atoms with Gasteiger partial charge in [0, 0.05) is 34.6 Å². The van der Waals surface area contributed by atoms with Gasteiger partial charge in [0.2, 0.25) is 0 Å². The molecule has 2 rings (SSSR count). The first-order chi connectivity index (χ1) is 9.54. The fourth-order valence-electron chi connectivity index (χ4n) is 2.17. The second-order valence-electron chi connectivity index (χ2n) is 4.75. The number of aliphatic hydroxyl groups excluding tert-OH is 1. The van der Waals surface area contributed by atoms with Crippen molar-refractivity contribution in [2.24, 2.45) is 0 Å². The predicted octanol–water partition coefficient (Wildman–Crippen LogP) is 2.00. The standard InChI is InChI=1S/C14H19N3O2S/c1-8-7-10-11(9(2)17-8)12(15)13(20-10)14(19)16-5-3-4-6-18/h7,18H,3-6,15H2,1-2H3,(H,16,19). The fourth-order valence-corrected chi connectivity index (χ4v) is 3.35. The van der Waals surface area contributed by atoms with Gasteiger partial charge in [0.05, 0.1) is 5.69 Å². The number of rotatable bonds is 5. The molecule has 0 fully saturated rings. The molecule has 1 amide bonds. The normalized spacial score (nSPS) is 10.9. The van der Waals surface area contributed by atoms with Gasteiger partial charge in [-0.3, -0.25) is 9.78 Å². The van der Waals surface area contributed by atoms with E-state index < -0.39 is 0 Å². The van der Waals surface area contributed by atoms with E-state index in [1.54, 1.807) is 0 Å². The number of nitrogens with zero attached hydrogens (tertiary/aromatic N) is 1. The lowest BCUT2D eigenvalue weighted by Gasteiger charge is -2.03. The van der Waals surface area contributed by atoms with Crippen LogP contribution < -0.4 is 11.1 Å². The van der Waals surface area contributed by atoms with Crippen molar-refractivity contribution in [3.8, 4) is 0 Å². The molecule has 2 heterocycles. The lowest BCUT2D eigenvalue weighted by atomic mass is 10.2. The number of nitrogen functional groups attached to an aromatic ring is 1. The first-order valence-electron chi connectivity index (χ1n) is 6.60. The molecule has 0 atom stereocenters. The number of unbranched alkanes of at least 4 members (excludes halogenated alkanes) is 1. The summed E-state index contributed by atoms with van der Waals surface area (Å²) in [7, 11) is 0. The lowest BCUT2D eigenvalue weighted by molar-refractivity contribution is 0.0957. The van der Waals surface area contributed by atoms with E-state index in [2.05, 4.69) is 10.3 Å². The molecule has 20 heavy (non-hydrogen) atoms. The number of amides is 1. The quantitative estimate of drug-likeness (QED) is 0.736.